The first-order chi connectivity index (χ1) is 32.3. The molecule has 0 saturated heterocycles. The fourth-order valence-electron chi connectivity index (χ4n) is 7.83. The smallest absolute Gasteiger partial charge is 0.471 e. The third-order valence-corrected chi connectivity index (χ3v) is 13.2. The van der Waals surface area contributed by atoms with Gasteiger partial charge in [0.15, 0.2) is 0 Å². The topological polar surface area (TPSA) is 167 Å². The molecule has 2 atom stereocenters. The standard InChI is InChI=1S/C48H66F6N5O8P/c1-35(2)59(36(3)4)68(66-31-13-28-56)67-42(32-64-34-45(24-10-27-55,25-11-29-57-43(60)47(49,50)51)26-12-30-58-44(61)48(52,53)54)33-65-46(37-14-8-7-9-15-37,38-16-20-40(62-5)21-17-38)39-18-22-41(63-6)23-19-39/h7-9,14-23,35-36,42H,10-13,24-27,29-34,55H2,1-6H3,(H,57,60)(H,58,61). The van der Waals surface area contributed by atoms with Gasteiger partial charge in [-0.25, -0.2) is 4.67 Å². The third-order valence-electron chi connectivity index (χ3n) is 11.0. The number of amides is 2. The van der Waals surface area contributed by atoms with Crippen molar-refractivity contribution >= 4 is 20.3 Å². The summed E-state index contributed by atoms with van der Waals surface area (Å²) in [6, 6.07) is 26.4. The number of halogens is 6. The van der Waals surface area contributed by atoms with Gasteiger partial charge in [-0.15, -0.1) is 0 Å². The van der Waals surface area contributed by atoms with Crippen molar-refractivity contribution in [3.8, 4) is 17.6 Å². The molecule has 13 nitrogen and oxygen atoms in total. The Balaban J connectivity index is 2.14. The Morgan fingerprint density at radius 3 is 1.62 bits per heavy atom. The fraction of sp³-hybridized carbons (Fsp3) is 0.562. The number of hydrogen-bond acceptors (Lipinski definition) is 11. The second-order valence-electron chi connectivity index (χ2n) is 16.7. The second kappa shape index (κ2) is 28.2. The zero-order valence-corrected chi connectivity index (χ0v) is 40.5. The van der Waals surface area contributed by atoms with Crippen molar-refractivity contribution in [1.29, 1.82) is 5.26 Å². The number of alkyl halides is 6. The van der Waals surface area contributed by atoms with Crippen LogP contribution in [-0.4, -0.2) is 107 Å². The normalized spacial score (nSPS) is 13.3. The molecule has 4 N–H and O–H groups in total. The van der Waals surface area contributed by atoms with Crippen molar-refractivity contribution in [1.82, 2.24) is 15.3 Å². The largest absolute Gasteiger partial charge is 0.497 e. The summed E-state index contributed by atoms with van der Waals surface area (Å²) in [5.74, 6) is -2.97. The number of carbonyl (C=O) groups is 2. The van der Waals surface area contributed by atoms with Crippen LogP contribution in [0.15, 0.2) is 78.9 Å². The van der Waals surface area contributed by atoms with E-state index in [1.165, 1.54) is 0 Å². The minimum absolute atomic E-state index is 0.0562. The molecule has 0 saturated carbocycles. The van der Waals surface area contributed by atoms with Crippen LogP contribution >= 0.6 is 8.53 Å². The van der Waals surface area contributed by atoms with Gasteiger partial charge in [0.25, 0.3) is 8.53 Å². The zero-order valence-electron chi connectivity index (χ0n) is 39.6. The van der Waals surface area contributed by atoms with E-state index in [9.17, 15) is 41.2 Å². The number of rotatable bonds is 31. The number of methoxy groups -OCH3 is 2. The van der Waals surface area contributed by atoms with Crippen LogP contribution in [0.1, 0.15) is 89.3 Å². The molecule has 3 aromatic carbocycles. The summed E-state index contributed by atoms with van der Waals surface area (Å²) in [5.41, 5.74) is 6.03. The molecular weight excluding hydrogens is 920 g/mol. The average molecular weight is 986 g/mol. The van der Waals surface area contributed by atoms with E-state index >= 15 is 0 Å². The molecule has 0 fully saturated rings. The Bertz CT molecular complexity index is 1880. The molecule has 0 aliphatic rings. The highest BCUT2D eigenvalue weighted by Crippen LogP contribution is 2.48. The van der Waals surface area contributed by atoms with E-state index < -0.39 is 49.8 Å². The number of benzene rings is 3. The molecule has 0 heterocycles. The van der Waals surface area contributed by atoms with E-state index in [0.717, 1.165) is 16.7 Å². The molecule has 0 aliphatic heterocycles. The van der Waals surface area contributed by atoms with Crippen molar-refractivity contribution in [3.63, 3.8) is 0 Å². The van der Waals surface area contributed by atoms with Crippen LogP contribution in [0.25, 0.3) is 0 Å². The van der Waals surface area contributed by atoms with Crippen LogP contribution < -0.4 is 25.8 Å². The van der Waals surface area contributed by atoms with Gasteiger partial charge in [-0.1, -0.05) is 54.6 Å². The van der Waals surface area contributed by atoms with E-state index in [2.05, 4.69) is 6.07 Å². The lowest BCUT2D eigenvalue weighted by Crippen LogP contribution is -2.40. The van der Waals surface area contributed by atoms with Crippen LogP contribution in [0.2, 0.25) is 0 Å². The molecule has 0 aromatic heterocycles. The first-order valence-corrected chi connectivity index (χ1v) is 23.6. The highest BCUT2D eigenvalue weighted by Gasteiger charge is 2.42. The number of nitrogens with one attached hydrogen (secondary N) is 2. The number of nitrogens with zero attached hydrogens (tertiary/aromatic N) is 2. The second-order valence-corrected chi connectivity index (χ2v) is 18.1. The van der Waals surface area contributed by atoms with Gasteiger partial charge in [-0.3, -0.25) is 9.59 Å². The quantitative estimate of drug-likeness (QED) is 0.0243. The van der Waals surface area contributed by atoms with Gasteiger partial charge >= 0.3 is 24.2 Å². The first-order valence-electron chi connectivity index (χ1n) is 22.5. The van der Waals surface area contributed by atoms with Crippen LogP contribution in [0.3, 0.4) is 0 Å². The van der Waals surface area contributed by atoms with E-state index in [1.54, 1.807) is 14.2 Å². The number of nitriles is 1. The Morgan fingerprint density at radius 1 is 0.721 bits per heavy atom. The predicted molar refractivity (Wildman–Crippen MR) is 246 cm³/mol. The molecule has 2 unspecified atom stereocenters. The van der Waals surface area contributed by atoms with Gasteiger partial charge in [-0.05, 0) is 119 Å². The van der Waals surface area contributed by atoms with Crippen molar-refractivity contribution in [2.45, 2.75) is 109 Å². The Hall–Kier alpha value is -4.54. The molecular formula is C48H66F6N5O8P. The van der Waals surface area contributed by atoms with Gasteiger partial charge in [0, 0.05) is 25.2 Å². The number of nitrogens with two attached hydrogens (primary N) is 1. The van der Waals surface area contributed by atoms with Crippen molar-refractivity contribution in [2.24, 2.45) is 11.1 Å². The van der Waals surface area contributed by atoms with E-state index in [0.29, 0.717) is 24.3 Å². The molecule has 2 amide bonds. The summed E-state index contributed by atoms with van der Waals surface area (Å²) < 4.78 is 118. The SMILES string of the molecule is COc1ccc(C(OCC(COCC(CCCN)(CCCNC(=O)C(F)(F)F)CCCNC(=O)C(F)(F)F)OP(OCCC#N)N(C(C)C)C(C)C)(c2ccccc2)c2ccc(OC)cc2)cc1. The summed E-state index contributed by atoms with van der Waals surface area (Å²) in [6.45, 7) is 7.25. The molecule has 0 aliphatic carbocycles. The summed E-state index contributed by atoms with van der Waals surface area (Å²) in [7, 11) is 1.26. The minimum atomic E-state index is -5.09. The maximum Gasteiger partial charge on any atom is 0.471 e. The molecule has 68 heavy (non-hydrogen) atoms. The van der Waals surface area contributed by atoms with Crippen LogP contribution in [0.5, 0.6) is 11.5 Å². The zero-order chi connectivity index (χ0) is 50.4. The Kier molecular flexibility index (Phi) is 24.0. The lowest BCUT2D eigenvalue weighted by molar-refractivity contribution is -0.173. The van der Waals surface area contributed by atoms with Gasteiger partial charge < -0.3 is 44.4 Å². The van der Waals surface area contributed by atoms with E-state index in [4.69, 9.17) is 33.7 Å². The number of hydrogen-bond donors (Lipinski definition) is 3. The van der Waals surface area contributed by atoms with E-state index in [-0.39, 0.29) is 90.2 Å². The van der Waals surface area contributed by atoms with Crippen molar-refractivity contribution in [3.05, 3.63) is 95.6 Å². The van der Waals surface area contributed by atoms with Crippen molar-refractivity contribution in [2.75, 3.05) is 60.3 Å². The lowest BCUT2D eigenvalue weighted by Gasteiger charge is -2.40. The fourth-order valence-corrected chi connectivity index (χ4v) is 9.51. The lowest BCUT2D eigenvalue weighted by atomic mass is 9.75. The molecule has 0 radical (unpaired) electrons. The molecule has 20 heteroatoms. The summed E-state index contributed by atoms with van der Waals surface area (Å²) in [5, 5.41) is 13.2. The van der Waals surface area contributed by atoms with Crippen molar-refractivity contribution < 1.29 is 63.9 Å². The minimum Gasteiger partial charge on any atom is -0.497 e. The third kappa shape index (κ3) is 17.8. The monoisotopic (exact) mass is 985 g/mol. The van der Waals surface area contributed by atoms with Gasteiger partial charge in [0.2, 0.25) is 0 Å². The molecule has 0 bridgehead atoms. The summed E-state index contributed by atoms with van der Waals surface area (Å²) in [6.07, 6.45) is -9.71. The molecule has 3 aromatic rings. The van der Waals surface area contributed by atoms with Crippen LogP contribution in [0, 0.1) is 16.7 Å². The number of ether oxygens (including phenoxy) is 4. The van der Waals surface area contributed by atoms with Crippen LogP contribution in [-0.2, 0) is 33.7 Å². The molecule has 0 spiro atoms. The highest BCUT2D eigenvalue weighted by atomic mass is 31.2. The maximum atomic E-state index is 13.1. The predicted octanol–water partition coefficient (Wildman–Crippen LogP) is 9.33. The van der Waals surface area contributed by atoms with Gasteiger partial charge in [-0.2, -0.15) is 31.6 Å². The van der Waals surface area contributed by atoms with E-state index in [1.807, 2.05) is 122 Å². The van der Waals surface area contributed by atoms with Gasteiger partial charge in [0.05, 0.1) is 53.1 Å². The first kappa shape index (κ1) is 57.8. The van der Waals surface area contributed by atoms with Crippen LogP contribution in [0.4, 0.5) is 26.3 Å². The average Bonchev–Trinajstić information content (AvgIpc) is 3.30. The van der Waals surface area contributed by atoms with Gasteiger partial charge in [0.1, 0.15) is 23.2 Å². The molecule has 3 rings (SSSR count). The highest BCUT2D eigenvalue weighted by molar-refractivity contribution is 7.44. The summed E-state index contributed by atoms with van der Waals surface area (Å²) in [4.78, 5) is 23.3. The number of carbonyl (C=O) groups excluding carboxylic acids is 2. The maximum absolute atomic E-state index is 13.1. The molecule has 378 valence electrons. The Morgan fingerprint density at radius 2 is 1.19 bits per heavy atom. The summed E-state index contributed by atoms with van der Waals surface area (Å²) >= 11 is 0. The Labute approximate surface area is 397 Å².